The molecule has 0 unspecified atom stereocenters. The van der Waals surface area contributed by atoms with E-state index in [0.29, 0.717) is 65.3 Å². The highest BCUT2D eigenvalue weighted by Crippen LogP contribution is 2.22. The summed E-state index contributed by atoms with van der Waals surface area (Å²) < 4.78 is 21.5. The number of carbonyl (C=O) groups excluding carboxylic acids is 2. The number of nitrogens with zero attached hydrogens (tertiary/aromatic N) is 1. The summed E-state index contributed by atoms with van der Waals surface area (Å²) in [5, 5.41) is 31.9. The van der Waals surface area contributed by atoms with E-state index in [1.54, 1.807) is 0 Å². The Kier molecular flexibility index (Phi) is 34.2. The number of hydrogen-bond donors (Lipinski definition) is 3. The molecule has 0 saturated carbocycles. The van der Waals surface area contributed by atoms with Crippen molar-refractivity contribution in [2.45, 2.75) is 161 Å². The lowest BCUT2D eigenvalue weighted by Gasteiger charge is -2.31. The Morgan fingerprint density at radius 2 is 1.12 bits per heavy atom. The van der Waals surface area contributed by atoms with Gasteiger partial charge in [-0.05, 0) is 57.3 Å². The lowest BCUT2D eigenvalue weighted by molar-refractivity contribution is -0.141. The molecular weight excluding hydrogens is 626 g/mol. The molecule has 0 saturated heterocycles. The molecule has 10 nitrogen and oxygen atoms in total. The van der Waals surface area contributed by atoms with Crippen LogP contribution in [0.5, 0.6) is 0 Å². The molecule has 0 heterocycles. The summed E-state index contributed by atoms with van der Waals surface area (Å²) in [6.45, 7) is 8.35. The van der Waals surface area contributed by atoms with Crippen molar-refractivity contribution in [2.24, 2.45) is 11.8 Å². The van der Waals surface area contributed by atoms with E-state index < -0.39 is 12.2 Å². The van der Waals surface area contributed by atoms with E-state index in [1.807, 2.05) is 4.90 Å². The molecular formula is C39H77NO9. The number of rotatable bonds is 37. The Labute approximate surface area is 300 Å². The Morgan fingerprint density at radius 3 is 1.59 bits per heavy atom. The van der Waals surface area contributed by atoms with E-state index in [0.717, 1.165) is 89.9 Å². The van der Waals surface area contributed by atoms with Gasteiger partial charge in [0.05, 0.1) is 46.2 Å². The van der Waals surface area contributed by atoms with E-state index in [4.69, 9.17) is 18.9 Å². The van der Waals surface area contributed by atoms with Crippen LogP contribution in [-0.4, -0.2) is 111 Å². The molecule has 0 aromatic heterocycles. The van der Waals surface area contributed by atoms with Gasteiger partial charge in [-0.25, -0.2) is 0 Å². The summed E-state index contributed by atoms with van der Waals surface area (Å²) in [4.78, 5) is 24.6. The number of methoxy groups -OCH3 is 2. The van der Waals surface area contributed by atoms with Crippen LogP contribution in [0.2, 0.25) is 0 Å². The van der Waals surface area contributed by atoms with E-state index in [-0.39, 0.29) is 30.4 Å². The van der Waals surface area contributed by atoms with Crippen molar-refractivity contribution in [3.05, 3.63) is 0 Å². The van der Waals surface area contributed by atoms with Crippen LogP contribution in [0.1, 0.15) is 149 Å². The van der Waals surface area contributed by atoms with Crippen LogP contribution in [0.15, 0.2) is 0 Å². The summed E-state index contributed by atoms with van der Waals surface area (Å²) in [5.41, 5.74) is 0. The molecule has 10 heteroatoms. The fourth-order valence-corrected chi connectivity index (χ4v) is 6.26. The van der Waals surface area contributed by atoms with Crippen LogP contribution in [0, 0.1) is 11.8 Å². The maximum absolute atomic E-state index is 11.3. The van der Waals surface area contributed by atoms with E-state index in [2.05, 4.69) is 13.8 Å². The minimum atomic E-state index is -0.533. The van der Waals surface area contributed by atoms with Gasteiger partial charge in [-0.2, -0.15) is 0 Å². The first-order chi connectivity index (χ1) is 23.8. The number of hydrogen-bond acceptors (Lipinski definition) is 10. The molecule has 49 heavy (non-hydrogen) atoms. The normalized spacial score (nSPS) is 13.0. The average Bonchev–Trinajstić information content (AvgIpc) is 3.09. The van der Waals surface area contributed by atoms with Gasteiger partial charge < -0.3 is 34.3 Å². The highest BCUT2D eigenvalue weighted by atomic mass is 16.5. The van der Waals surface area contributed by atoms with Gasteiger partial charge in [0, 0.05) is 51.6 Å². The Hall–Kier alpha value is -1.30. The summed E-state index contributed by atoms with van der Waals surface area (Å²) in [6, 6.07) is 0. The van der Waals surface area contributed by atoms with Crippen LogP contribution >= 0.6 is 0 Å². The van der Waals surface area contributed by atoms with Crippen LogP contribution < -0.4 is 0 Å². The lowest BCUT2D eigenvalue weighted by Crippen LogP contribution is -2.42. The molecule has 292 valence electrons. The largest absolute Gasteiger partial charge is 0.469 e. The highest BCUT2D eigenvalue weighted by Gasteiger charge is 2.23. The second kappa shape index (κ2) is 35.1. The van der Waals surface area contributed by atoms with E-state index >= 15 is 0 Å². The predicted molar refractivity (Wildman–Crippen MR) is 196 cm³/mol. The number of esters is 2. The molecule has 0 aliphatic rings. The van der Waals surface area contributed by atoms with Gasteiger partial charge in [0.1, 0.15) is 0 Å². The highest BCUT2D eigenvalue weighted by molar-refractivity contribution is 5.69. The standard InChI is InChI=1S/C39H77NO9/c1-5-7-13-21-35(22-14-8-6-2)37(43)31-40(26-27-41)30-36(42)23-19-20-34(32-48-28-17-11-9-15-24-38(44)46-3)33-49-29-18-12-10-16-25-39(45)47-4/h34-37,41-43H,5-33H2,1-4H3/t36-,37+/m1/s1. The van der Waals surface area contributed by atoms with Crippen molar-refractivity contribution in [3.8, 4) is 0 Å². The number of ether oxygens (including phenoxy) is 4. The first-order valence-corrected chi connectivity index (χ1v) is 19.8. The van der Waals surface area contributed by atoms with Gasteiger partial charge in [-0.15, -0.1) is 0 Å². The molecule has 0 aliphatic heterocycles. The molecule has 3 N–H and O–H groups in total. The maximum Gasteiger partial charge on any atom is 0.305 e. The van der Waals surface area contributed by atoms with Crippen molar-refractivity contribution < 1.29 is 43.9 Å². The van der Waals surface area contributed by atoms with Gasteiger partial charge in [0.25, 0.3) is 0 Å². The Bertz CT molecular complexity index is 699. The summed E-state index contributed by atoms with van der Waals surface area (Å²) >= 11 is 0. The number of aliphatic hydroxyl groups is 3. The van der Waals surface area contributed by atoms with Gasteiger partial charge in [0.15, 0.2) is 0 Å². The maximum atomic E-state index is 11.3. The Balaban J connectivity index is 4.76. The predicted octanol–water partition coefficient (Wildman–Crippen LogP) is 6.85. The van der Waals surface area contributed by atoms with Crippen molar-refractivity contribution in [3.63, 3.8) is 0 Å². The van der Waals surface area contributed by atoms with Crippen LogP contribution in [-0.2, 0) is 28.5 Å². The molecule has 0 aromatic rings. The number of aliphatic hydroxyl groups excluding tert-OH is 3. The van der Waals surface area contributed by atoms with Gasteiger partial charge in [-0.3, -0.25) is 14.5 Å². The molecule has 0 aliphatic carbocycles. The average molecular weight is 704 g/mol. The molecule has 0 bridgehead atoms. The van der Waals surface area contributed by atoms with Crippen LogP contribution in [0.25, 0.3) is 0 Å². The zero-order valence-electron chi connectivity index (χ0n) is 32.1. The first-order valence-electron chi connectivity index (χ1n) is 19.8. The van der Waals surface area contributed by atoms with E-state index in [9.17, 15) is 24.9 Å². The second-order valence-corrected chi connectivity index (χ2v) is 13.9. The summed E-state index contributed by atoms with van der Waals surface area (Å²) in [6.07, 6.45) is 18.9. The van der Waals surface area contributed by atoms with Gasteiger partial charge in [0.2, 0.25) is 0 Å². The van der Waals surface area contributed by atoms with Crippen molar-refractivity contribution >= 4 is 11.9 Å². The van der Waals surface area contributed by atoms with Crippen molar-refractivity contribution in [1.29, 1.82) is 0 Å². The minimum absolute atomic E-state index is 0.00306. The number of unbranched alkanes of at least 4 members (excludes halogenated alkanes) is 10. The van der Waals surface area contributed by atoms with Gasteiger partial charge >= 0.3 is 11.9 Å². The molecule has 2 atom stereocenters. The number of carbonyl (C=O) groups is 2. The third-order valence-electron chi connectivity index (χ3n) is 9.38. The van der Waals surface area contributed by atoms with Gasteiger partial charge in [-0.1, -0.05) is 84.5 Å². The van der Waals surface area contributed by atoms with Crippen molar-refractivity contribution in [2.75, 3.05) is 66.9 Å². The molecule has 0 radical (unpaired) electrons. The smallest absolute Gasteiger partial charge is 0.305 e. The molecule has 0 spiro atoms. The quantitative estimate of drug-likeness (QED) is 0.0466. The summed E-state index contributed by atoms with van der Waals surface area (Å²) in [5.74, 6) is 0.173. The third-order valence-corrected chi connectivity index (χ3v) is 9.38. The molecule has 0 amide bonds. The fraction of sp³-hybridized carbons (Fsp3) is 0.949. The lowest BCUT2D eigenvalue weighted by atomic mass is 9.89. The topological polar surface area (TPSA) is 135 Å². The SMILES string of the molecule is CCCCCC(CCCCC)[C@@H](O)CN(CCO)C[C@H](O)CCCC(COCCCCCCC(=O)OC)COCCCCCCC(=O)OC. The second-order valence-electron chi connectivity index (χ2n) is 13.9. The molecule has 0 rings (SSSR count). The van der Waals surface area contributed by atoms with E-state index in [1.165, 1.54) is 39.9 Å². The zero-order chi connectivity index (χ0) is 36.4. The summed E-state index contributed by atoms with van der Waals surface area (Å²) in [7, 11) is 2.84. The molecule has 0 fully saturated rings. The monoisotopic (exact) mass is 704 g/mol. The Morgan fingerprint density at radius 1 is 0.612 bits per heavy atom. The van der Waals surface area contributed by atoms with Crippen LogP contribution in [0.4, 0.5) is 0 Å². The van der Waals surface area contributed by atoms with Crippen molar-refractivity contribution in [1.82, 2.24) is 4.90 Å². The fourth-order valence-electron chi connectivity index (χ4n) is 6.26. The van der Waals surface area contributed by atoms with Crippen LogP contribution in [0.3, 0.4) is 0 Å². The first kappa shape index (κ1) is 47.7. The minimum Gasteiger partial charge on any atom is -0.469 e. The third kappa shape index (κ3) is 30.1. The molecule has 0 aromatic carbocycles. The zero-order valence-corrected chi connectivity index (χ0v) is 32.1.